The zero-order valence-electron chi connectivity index (χ0n) is 14.4. The van der Waals surface area contributed by atoms with Gasteiger partial charge in [0.1, 0.15) is 6.61 Å². The highest BCUT2D eigenvalue weighted by Crippen LogP contribution is 2.37. The molecule has 1 aromatic carbocycles. The average Bonchev–Trinajstić information content (AvgIpc) is 2.97. The van der Waals surface area contributed by atoms with Crippen LogP contribution in [0.2, 0.25) is 0 Å². The smallest absolute Gasteiger partial charge is 0.414 e. The monoisotopic (exact) mass is 318 g/mol. The molecule has 2 saturated heterocycles. The molecule has 0 saturated carbocycles. The van der Waals surface area contributed by atoms with Crippen molar-refractivity contribution in [1.29, 1.82) is 0 Å². The van der Waals surface area contributed by atoms with Crippen LogP contribution in [-0.4, -0.2) is 36.5 Å². The molecule has 2 fully saturated rings. The molecule has 2 aliphatic rings. The Morgan fingerprint density at radius 1 is 1.22 bits per heavy atom. The second-order valence-corrected chi connectivity index (χ2v) is 7.54. The number of rotatable bonds is 4. The van der Waals surface area contributed by atoms with Gasteiger partial charge < -0.3 is 14.8 Å². The molecule has 0 bridgehead atoms. The highest BCUT2D eigenvalue weighted by molar-refractivity contribution is 5.89. The van der Waals surface area contributed by atoms with Gasteiger partial charge in [0.05, 0.1) is 17.7 Å². The molecule has 0 spiro atoms. The summed E-state index contributed by atoms with van der Waals surface area (Å²) in [6.45, 7) is 10.4. The first-order valence-corrected chi connectivity index (χ1v) is 8.24. The maximum atomic E-state index is 11.6. The Morgan fingerprint density at radius 2 is 1.91 bits per heavy atom. The van der Waals surface area contributed by atoms with Crippen LogP contribution < -0.4 is 10.2 Å². The highest BCUT2D eigenvalue weighted by atomic mass is 16.6. The molecular formula is C18H26N2O3. The topological polar surface area (TPSA) is 50.8 Å². The van der Waals surface area contributed by atoms with Crippen molar-refractivity contribution in [3.63, 3.8) is 0 Å². The molecule has 2 aliphatic heterocycles. The Balaban J connectivity index is 1.60. The number of hydrogen-bond acceptors (Lipinski definition) is 4. The summed E-state index contributed by atoms with van der Waals surface area (Å²) >= 11 is 0. The number of nitrogens with one attached hydrogen (secondary N) is 1. The summed E-state index contributed by atoms with van der Waals surface area (Å²) in [4.78, 5) is 13.2. The zero-order valence-corrected chi connectivity index (χ0v) is 14.4. The van der Waals surface area contributed by atoms with Crippen molar-refractivity contribution < 1.29 is 14.3 Å². The Bertz CT molecular complexity index is 580. The van der Waals surface area contributed by atoms with Gasteiger partial charge in [-0.25, -0.2) is 4.79 Å². The van der Waals surface area contributed by atoms with Crippen molar-refractivity contribution in [3.05, 3.63) is 29.8 Å². The van der Waals surface area contributed by atoms with Gasteiger partial charge in [-0.1, -0.05) is 12.1 Å². The van der Waals surface area contributed by atoms with Crippen LogP contribution in [0.3, 0.4) is 0 Å². The second-order valence-electron chi connectivity index (χ2n) is 7.54. The molecule has 1 amide bonds. The quantitative estimate of drug-likeness (QED) is 0.927. The summed E-state index contributed by atoms with van der Waals surface area (Å²) in [5, 5.41) is 3.61. The van der Waals surface area contributed by atoms with Crippen molar-refractivity contribution in [1.82, 2.24) is 5.32 Å². The van der Waals surface area contributed by atoms with Crippen LogP contribution >= 0.6 is 0 Å². The summed E-state index contributed by atoms with van der Waals surface area (Å²) in [6, 6.07) is 8.39. The predicted octanol–water partition coefficient (Wildman–Crippen LogP) is 3.08. The fourth-order valence-electron chi connectivity index (χ4n) is 3.54. The van der Waals surface area contributed by atoms with Gasteiger partial charge >= 0.3 is 6.09 Å². The molecule has 1 aromatic rings. The van der Waals surface area contributed by atoms with Crippen molar-refractivity contribution in [2.75, 3.05) is 18.1 Å². The Labute approximate surface area is 137 Å². The van der Waals surface area contributed by atoms with Gasteiger partial charge in [0.2, 0.25) is 0 Å². The third-order valence-electron chi connectivity index (χ3n) is 4.64. The lowest BCUT2D eigenvalue weighted by molar-refractivity contribution is -0.0699. The lowest BCUT2D eigenvalue weighted by Crippen LogP contribution is -2.42. The van der Waals surface area contributed by atoms with E-state index in [9.17, 15) is 4.79 Å². The van der Waals surface area contributed by atoms with Gasteiger partial charge in [0.15, 0.2) is 0 Å². The molecule has 0 aliphatic carbocycles. The first kappa shape index (κ1) is 16.3. The van der Waals surface area contributed by atoms with E-state index in [2.05, 4.69) is 45.1 Å². The van der Waals surface area contributed by atoms with E-state index in [0.717, 1.165) is 18.7 Å². The summed E-state index contributed by atoms with van der Waals surface area (Å²) in [5.41, 5.74) is 1.84. The molecule has 1 atom stereocenters. The van der Waals surface area contributed by atoms with Gasteiger partial charge in [-0.05, 0) is 51.8 Å². The number of carbonyl (C=O) groups is 1. The van der Waals surface area contributed by atoms with Gasteiger partial charge in [0.25, 0.3) is 0 Å². The van der Waals surface area contributed by atoms with Crippen LogP contribution in [0.25, 0.3) is 0 Å². The number of nitrogens with zero attached hydrogens (tertiary/aromatic N) is 1. The van der Waals surface area contributed by atoms with Crippen LogP contribution in [0.5, 0.6) is 0 Å². The number of carbonyl (C=O) groups excluding carboxylic acids is 1. The minimum atomic E-state index is -0.261. The summed E-state index contributed by atoms with van der Waals surface area (Å²) in [6.07, 6.45) is 0.737. The molecule has 5 nitrogen and oxygen atoms in total. The Kier molecular flexibility index (Phi) is 4.10. The fourth-order valence-corrected chi connectivity index (χ4v) is 3.54. The Morgan fingerprint density at radius 3 is 2.43 bits per heavy atom. The standard InChI is InChI=1S/C18H26N2O3/c1-17(2)11-15(18(3,4)23-17)19-12-13-5-7-14(8-6-13)20-9-10-22-16(20)21/h5-8,15,19H,9-12H2,1-4H3/t15-/m0/s1. The molecule has 126 valence electrons. The van der Waals surface area contributed by atoms with E-state index in [1.165, 1.54) is 5.56 Å². The fraction of sp³-hybridized carbons (Fsp3) is 0.611. The van der Waals surface area contributed by atoms with Crippen LogP contribution in [0.1, 0.15) is 39.7 Å². The molecule has 3 rings (SSSR count). The lowest BCUT2D eigenvalue weighted by atomic mass is 9.94. The predicted molar refractivity (Wildman–Crippen MR) is 89.6 cm³/mol. The number of cyclic esters (lactones) is 1. The van der Waals surface area contributed by atoms with Gasteiger partial charge in [-0.2, -0.15) is 0 Å². The SMILES string of the molecule is CC1(C)C[C@H](NCc2ccc(N3CCOC3=O)cc2)C(C)(C)O1. The first-order chi connectivity index (χ1) is 10.8. The average molecular weight is 318 g/mol. The van der Waals surface area contributed by atoms with Crippen LogP contribution in [0, 0.1) is 0 Å². The van der Waals surface area contributed by atoms with Gasteiger partial charge in [-0.15, -0.1) is 0 Å². The Hall–Kier alpha value is -1.59. The molecule has 2 heterocycles. The van der Waals surface area contributed by atoms with E-state index in [4.69, 9.17) is 9.47 Å². The number of ether oxygens (including phenoxy) is 2. The maximum Gasteiger partial charge on any atom is 0.414 e. The van der Waals surface area contributed by atoms with Crippen molar-refractivity contribution >= 4 is 11.8 Å². The third kappa shape index (κ3) is 3.51. The van der Waals surface area contributed by atoms with E-state index in [-0.39, 0.29) is 17.3 Å². The van der Waals surface area contributed by atoms with Crippen LogP contribution in [0.15, 0.2) is 24.3 Å². The number of anilines is 1. The molecule has 0 unspecified atom stereocenters. The molecule has 0 radical (unpaired) electrons. The minimum absolute atomic E-state index is 0.0822. The van der Waals surface area contributed by atoms with E-state index >= 15 is 0 Å². The van der Waals surface area contributed by atoms with E-state index in [1.807, 2.05) is 12.1 Å². The van der Waals surface area contributed by atoms with Crippen molar-refractivity contribution in [3.8, 4) is 0 Å². The second kappa shape index (κ2) is 5.80. The number of amides is 1. The highest BCUT2D eigenvalue weighted by Gasteiger charge is 2.45. The minimum Gasteiger partial charge on any atom is -0.447 e. The van der Waals surface area contributed by atoms with Gasteiger partial charge in [-0.3, -0.25) is 4.90 Å². The first-order valence-electron chi connectivity index (χ1n) is 8.24. The summed E-state index contributed by atoms with van der Waals surface area (Å²) in [5.74, 6) is 0. The lowest BCUT2D eigenvalue weighted by Gasteiger charge is -2.28. The van der Waals surface area contributed by atoms with E-state index in [1.54, 1.807) is 4.90 Å². The van der Waals surface area contributed by atoms with Crippen molar-refractivity contribution in [2.45, 2.75) is 57.9 Å². The normalized spacial score (nSPS) is 25.7. The number of hydrogen-bond donors (Lipinski definition) is 1. The van der Waals surface area contributed by atoms with Gasteiger partial charge in [0, 0.05) is 18.3 Å². The molecule has 0 aromatic heterocycles. The van der Waals surface area contributed by atoms with Crippen LogP contribution in [0.4, 0.5) is 10.5 Å². The van der Waals surface area contributed by atoms with E-state index < -0.39 is 0 Å². The molecular weight excluding hydrogens is 292 g/mol. The third-order valence-corrected chi connectivity index (χ3v) is 4.64. The largest absolute Gasteiger partial charge is 0.447 e. The zero-order chi connectivity index (χ0) is 16.7. The number of benzene rings is 1. The van der Waals surface area contributed by atoms with E-state index in [0.29, 0.717) is 19.2 Å². The molecule has 1 N–H and O–H groups in total. The summed E-state index contributed by atoms with van der Waals surface area (Å²) in [7, 11) is 0. The van der Waals surface area contributed by atoms with Crippen molar-refractivity contribution in [2.24, 2.45) is 0 Å². The molecule has 23 heavy (non-hydrogen) atoms. The maximum absolute atomic E-state index is 11.6. The molecule has 5 heteroatoms. The summed E-state index contributed by atoms with van der Waals surface area (Å²) < 4.78 is 11.1. The van der Waals surface area contributed by atoms with Crippen LogP contribution in [-0.2, 0) is 16.0 Å².